The van der Waals surface area contributed by atoms with E-state index >= 15 is 0 Å². The van der Waals surface area contributed by atoms with E-state index < -0.39 is 0 Å². The Labute approximate surface area is 127 Å². The Morgan fingerprint density at radius 2 is 1.67 bits per heavy atom. The lowest BCUT2D eigenvalue weighted by Gasteiger charge is -2.28. The van der Waals surface area contributed by atoms with Gasteiger partial charge in [-0.15, -0.1) is 0 Å². The molecular formula is C19H25NO. The summed E-state index contributed by atoms with van der Waals surface area (Å²) in [5.74, 6) is 0.978. The second kappa shape index (κ2) is 7.28. The van der Waals surface area contributed by atoms with Crippen LogP contribution in [0.1, 0.15) is 30.9 Å². The summed E-state index contributed by atoms with van der Waals surface area (Å²) in [6.45, 7) is 5.69. The maximum absolute atomic E-state index is 6.02. The fraction of sp³-hybridized carbons (Fsp3) is 0.368. The van der Waals surface area contributed by atoms with Crippen molar-refractivity contribution in [1.82, 2.24) is 0 Å². The summed E-state index contributed by atoms with van der Waals surface area (Å²) in [7, 11) is 0. The fourth-order valence-electron chi connectivity index (χ4n) is 2.57. The van der Waals surface area contributed by atoms with Gasteiger partial charge in [0.25, 0.3) is 0 Å². The monoisotopic (exact) mass is 283 g/mol. The first-order valence-corrected chi connectivity index (χ1v) is 7.60. The van der Waals surface area contributed by atoms with Gasteiger partial charge in [-0.3, -0.25) is 0 Å². The first-order valence-electron chi connectivity index (χ1n) is 7.60. The first kappa shape index (κ1) is 15.6. The number of aryl methyl sites for hydroxylation is 1. The molecule has 1 atom stereocenters. The zero-order chi connectivity index (χ0) is 15.1. The van der Waals surface area contributed by atoms with Gasteiger partial charge in [0.2, 0.25) is 0 Å². The lowest BCUT2D eigenvalue weighted by Crippen LogP contribution is -2.32. The topological polar surface area (TPSA) is 35.2 Å². The molecule has 0 aliphatic rings. The van der Waals surface area contributed by atoms with Gasteiger partial charge in [0.15, 0.2) is 0 Å². The maximum atomic E-state index is 6.02. The number of ether oxygens (including phenoxy) is 1. The quantitative estimate of drug-likeness (QED) is 0.777. The van der Waals surface area contributed by atoms with E-state index in [4.69, 9.17) is 10.5 Å². The molecule has 2 N–H and O–H groups in total. The van der Waals surface area contributed by atoms with Gasteiger partial charge in [0.05, 0.1) is 6.61 Å². The minimum Gasteiger partial charge on any atom is -0.493 e. The normalized spacial score (nSPS) is 13.7. The average molecular weight is 283 g/mol. The van der Waals surface area contributed by atoms with Crippen molar-refractivity contribution in [3.8, 4) is 5.75 Å². The van der Waals surface area contributed by atoms with Gasteiger partial charge in [0.1, 0.15) is 5.75 Å². The minimum absolute atomic E-state index is 0.0242. The van der Waals surface area contributed by atoms with Crippen molar-refractivity contribution in [2.75, 3.05) is 13.2 Å². The third-order valence-electron chi connectivity index (χ3n) is 4.15. The van der Waals surface area contributed by atoms with Crippen molar-refractivity contribution in [3.05, 3.63) is 65.7 Å². The molecule has 0 heterocycles. The zero-order valence-corrected chi connectivity index (χ0v) is 13.0. The molecule has 2 aromatic carbocycles. The van der Waals surface area contributed by atoms with E-state index in [1.807, 2.05) is 24.3 Å². The molecule has 2 rings (SSSR count). The van der Waals surface area contributed by atoms with Crippen molar-refractivity contribution in [3.63, 3.8) is 0 Å². The number of rotatable bonds is 7. The van der Waals surface area contributed by atoms with Gasteiger partial charge in [-0.05, 0) is 37.0 Å². The van der Waals surface area contributed by atoms with Crippen LogP contribution in [-0.2, 0) is 5.41 Å². The van der Waals surface area contributed by atoms with Gasteiger partial charge >= 0.3 is 0 Å². The number of hydrogen-bond acceptors (Lipinski definition) is 2. The van der Waals surface area contributed by atoms with Gasteiger partial charge < -0.3 is 10.5 Å². The second-order valence-electron chi connectivity index (χ2n) is 5.85. The Kier molecular flexibility index (Phi) is 5.40. The number of nitrogens with two attached hydrogens (primary N) is 1. The molecule has 2 aromatic rings. The van der Waals surface area contributed by atoms with Crippen LogP contribution in [0.25, 0.3) is 0 Å². The minimum atomic E-state index is 0.0242. The van der Waals surface area contributed by atoms with Crippen LogP contribution in [-0.4, -0.2) is 13.2 Å². The third kappa shape index (κ3) is 4.08. The number of benzene rings is 2. The van der Waals surface area contributed by atoms with Crippen LogP contribution in [0.3, 0.4) is 0 Å². The molecule has 0 aliphatic heterocycles. The van der Waals surface area contributed by atoms with Gasteiger partial charge in [0, 0.05) is 12.0 Å². The molecule has 0 bridgehead atoms. The number of para-hydroxylation sites is 1. The predicted octanol–water partition coefficient (Wildman–Crippen LogP) is 4.07. The molecule has 0 spiro atoms. The zero-order valence-electron chi connectivity index (χ0n) is 13.0. The smallest absolute Gasteiger partial charge is 0.122 e. The van der Waals surface area contributed by atoms with Crippen LogP contribution in [0.5, 0.6) is 5.75 Å². The highest BCUT2D eigenvalue weighted by molar-refractivity contribution is 5.31. The molecule has 0 fully saturated rings. The Bertz CT molecular complexity index is 553. The molecule has 0 amide bonds. The molecule has 0 aromatic heterocycles. The van der Waals surface area contributed by atoms with Crippen LogP contribution in [0.15, 0.2) is 54.6 Å². The molecule has 0 saturated heterocycles. The molecule has 112 valence electrons. The van der Waals surface area contributed by atoms with Gasteiger partial charge in [-0.1, -0.05) is 55.5 Å². The lowest BCUT2D eigenvalue weighted by molar-refractivity contribution is 0.284. The maximum Gasteiger partial charge on any atom is 0.122 e. The SMILES string of the molecule is Cc1ccccc1OCCCC(C)(CN)c1ccccc1. The number of hydrogen-bond donors (Lipinski definition) is 1. The molecule has 0 saturated carbocycles. The van der Waals surface area contributed by atoms with E-state index in [0.717, 1.165) is 25.2 Å². The highest BCUT2D eigenvalue weighted by Gasteiger charge is 2.24. The van der Waals surface area contributed by atoms with Crippen molar-refractivity contribution < 1.29 is 4.74 Å². The summed E-state index contributed by atoms with van der Waals surface area (Å²) >= 11 is 0. The molecule has 0 aliphatic carbocycles. The summed E-state index contributed by atoms with van der Waals surface area (Å²) in [6, 6.07) is 18.7. The highest BCUT2D eigenvalue weighted by atomic mass is 16.5. The van der Waals surface area contributed by atoms with Gasteiger partial charge in [-0.2, -0.15) is 0 Å². The molecule has 2 nitrogen and oxygen atoms in total. The summed E-state index contributed by atoms with van der Waals surface area (Å²) in [4.78, 5) is 0. The van der Waals surface area contributed by atoms with E-state index in [1.54, 1.807) is 0 Å². The van der Waals surface area contributed by atoms with Crippen LogP contribution < -0.4 is 10.5 Å². The lowest BCUT2D eigenvalue weighted by atomic mass is 9.79. The Balaban J connectivity index is 1.88. The molecule has 1 unspecified atom stereocenters. The standard InChI is InChI=1S/C19H25NO/c1-16-9-6-7-12-18(16)21-14-8-13-19(2,15-20)17-10-4-3-5-11-17/h3-7,9-12H,8,13-15,20H2,1-2H3. The van der Waals surface area contributed by atoms with Gasteiger partial charge in [-0.25, -0.2) is 0 Å². The van der Waals surface area contributed by atoms with E-state index in [0.29, 0.717) is 6.54 Å². The Morgan fingerprint density at radius 1 is 1.00 bits per heavy atom. The molecular weight excluding hydrogens is 258 g/mol. The van der Waals surface area contributed by atoms with Crippen molar-refractivity contribution >= 4 is 0 Å². The van der Waals surface area contributed by atoms with Crippen molar-refractivity contribution in [2.24, 2.45) is 5.73 Å². The summed E-state index contributed by atoms with van der Waals surface area (Å²) in [5.41, 5.74) is 8.53. The van der Waals surface area contributed by atoms with Crippen LogP contribution in [0.2, 0.25) is 0 Å². The Hall–Kier alpha value is -1.80. The summed E-state index contributed by atoms with van der Waals surface area (Å²) < 4.78 is 5.87. The van der Waals surface area contributed by atoms with E-state index in [-0.39, 0.29) is 5.41 Å². The summed E-state index contributed by atoms with van der Waals surface area (Å²) in [5, 5.41) is 0. The first-order chi connectivity index (χ1) is 10.2. The molecule has 21 heavy (non-hydrogen) atoms. The third-order valence-corrected chi connectivity index (χ3v) is 4.15. The second-order valence-corrected chi connectivity index (χ2v) is 5.85. The molecule has 2 heteroatoms. The van der Waals surface area contributed by atoms with E-state index in [9.17, 15) is 0 Å². The average Bonchev–Trinajstić information content (AvgIpc) is 2.54. The largest absolute Gasteiger partial charge is 0.493 e. The van der Waals surface area contributed by atoms with Crippen molar-refractivity contribution in [1.29, 1.82) is 0 Å². The van der Waals surface area contributed by atoms with Crippen LogP contribution in [0.4, 0.5) is 0 Å². The van der Waals surface area contributed by atoms with Crippen LogP contribution >= 0.6 is 0 Å². The highest BCUT2D eigenvalue weighted by Crippen LogP contribution is 2.28. The van der Waals surface area contributed by atoms with E-state index in [2.05, 4.69) is 44.2 Å². The molecule has 0 radical (unpaired) electrons. The fourth-order valence-corrected chi connectivity index (χ4v) is 2.57. The van der Waals surface area contributed by atoms with Crippen molar-refractivity contribution in [2.45, 2.75) is 32.1 Å². The predicted molar refractivity (Wildman–Crippen MR) is 88.8 cm³/mol. The summed E-state index contributed by atoms with van der Waals surface area (Å²) in [6.07, 6.45) is 2.02. The van der Waals surface area contributed by atoms with E-state index in [1.165, 1.54) is 11.1 Å². The van der Waals surface area contributed by atoms with Crippen LogP contribution in [0, 0.1) is 6.92 Å². The Morgan fingerprint density at radius 3 is 2.33 bits per heavy atom.